The van der Waals surface area contributed by atoms with Crippen molar-refractivity contribution in [1.29, 1.82) is 0 Å². The number of benzene rings is 2. The number of aromatic carboxylic acids is 1. The molecule has 2 aromatic carbocycles. The van der Waals surface area contributed by atoms with Crippen LogP contribution in [0.25, 0.3) is 16.7 Å². The molecule has 4 rings (SSSR count). The van der Waals surface area contributed by atoms with E-state index in [2.05, 4.69) is 45.6 Å². The Morgan fingerprint density at radius 2 is 1.94 bits per heavy atom. The highest BCUT2D eigenvalue weighted by Crippen LogP contribution is 2.27. The Morgan fingerprint density at radius 1 is 1.10 bits per heavy atom. The molecule has 1 fully saturated rings. The van der Waals surface area contributed by atoms with Crippen LogP contribution in [0.1, 0.15) is 29.5 Å². The summed E-state index contributed by atoms with van der Waals surface area (Å²) in [5.41, 5.74) is 4.07. The Kier molecular flexibility index (Phi) is 6.53. The van der Waals surface area contributed by atoms with Crippen LogP contribution >= 0.6 is 0 Å². The third kappa shape index (κ3) is 4.57. The topological polar surface area (TPSA) is 70.8 Å². The molecule has 0 unspecified atom stereocenters. The summed E-state index contributed by atoms with van der Waals surface area (Å²) in [7, 11) is 1.68. The molecule has 2 heterocycles. The zero-order valence-corrected chi connectivity index (χ0v) is 18.3. The van der Waals surface area contributed by atoms with E-state index in [-0.39, 0.29) is 5.56 Å². The number of carbonyl (C=O) groups is 1. The number of nitrogens with zero attached hydrogens (tertiary/aromatic N) is 4. The van der Waals surface area contributed by atoms with Gasteiger partial charge < -0.3 is 19.6 Å². The van der Waals surface area contributed by atoms with Gasteiger partial charge in [-0.25, -0.2) is 9.78 Å². The second-order valence-electron chi connectivity index (χ2n) is 7.91. The minimum atomic E-state index is -0.945. The minimum Gasteiger partial charge on any atom is -0.478 e. The molecular weight excluding hydrogens is 392 g/mol. The molecule has 1 aromatic heterocycles. The van der Waals surface area contributed by atoms with Crippen molar-refractivity contribution in [2.45, 2.75) is 19.8 Å². The largest absolute Gasteiger partial charge is 0.478 e. The van der Waals surface area contributed by atoms with Gasteiger partial charge in [0.1, 0.15) is 5.82 Å². The third-order valence-corrected chi connectivity index (χ3v) is 5.99. The van der Waals surface area contributed by atoms with Gasteiger partial charge in [-0.15, -0.1) is 0 Å². The molecule has 1 aliphatic rings. The maximum atomic E-state index is 11.4. The van der Waals surface area contributed by atoms with E-state index in [0.717, 1.165) is 56.2 Å². The van der Waals surface area contributed by atoms with E-state index in [1.807, 2.05) is 6.07 Å². The monoisotopic (exact) mass is 422 g/mol. The van der Waals surface area contributed by atoms with Gasteiger partial charge in [-0.05, 0) is 55.9 Å². The van der Waals surface area contributed by atoms with Crippen molar-refractivity contribution in [1.82, 2.24) is 14.5 Å². The van der Waals surface area contributed by atoms with Gasteiger partial charge in [0.15, 0.2) is 0 Å². The standard InChI is InChI=1S/C24H30N4O3/c1-3-26-11-5-12-27(14-13-26)19-6-4-7-20(17-19)28-22-9-8-18(24(29)30)16-21(22)25-23(28)10-15-31-2/h4,6-9,16-17H,3,5,10-15H2,1-2H3,(H,29,30). The van der Waals surface area contributed by atoms with E-state index in [1.165, 1.54) is 5.69 Å². The fourth-order valence-corrected chi connectivity index (χ4v) is 4.29. The lowest BCUT2D eigenvalue weighted by Crippen LogP contribution is -2.30. The molecule has 3 aromatic rings. The van der Waals surface area contributed by atoms with Crippen LogP contribution in [0, 0.1) is 0 Å². The van der Waals surface area contributed by atoms with Crippen molar-refractivity contribution in [3.05, 3.63) is 53.9 Å². The first kappa shape index (κ1) is 21.3. The summed E-state index contributed by atoms with van der Waals surface area (Å²) >= 11 is 0. The lowest BCUT2D eigenvalue weighted by Gasteiger charge is -2.24. The Labute approximate surface area is 182 Å². The van der Waals surface area contributed by atoms with Gasteiger partial charge in [0.05, 0.1) is 23.2 Å². The summed E-state index contributed by atoms with van der Waals surface area (Å²) < 4.78 is 7.41. The molecule has 1 aliphatic heterocycles. The molecule has 0 radical (unpaired) electrons. The Hall–Kier alpha value is -2.90. The van der Waals surface area contributed by atoms with Gasteiger partial charge in [0, 0.05) is 44.5 Å². The highest BCUT2D eigenvalue weighted by atomic mass is 16.5. The number of likely N-dealkylation sites (N-methyl/N-ethyl adjacent to an activating group) is 1. The average molecular weight is 423 g/mol. The van der Waals surface area contributed by atoms with Gasteiger partial charge in [-0.1, -0.05) is 13.0 Å². The second kappa shape index (κ2) is 9.49. The molecule has 0 atom stereocenters. The molecule has 164 valence electrons. The molecule has 1 saturated heterocycles. The maximum absolute atomic E-state index is 11.4. The molecule has 0 bridgehead atoms. The van der Waals surface area contributed by atoms with Crippen molar-refractivity contribution in [3.8, 4) is 5.69 Å². The Balaban J connectivity index is 1.73. The summed E-state index contributed by atoms with van der Waals surface area (Å²) in [6.45, 7) is 8.14. The van der Waals surface area contributed by atoms with Crippen molar-refractivity contribution >= 4 is 22.7 Å². The van der Waals surface area contributed by atoms with Gasteiger partial charge in [0.2, 0.25) is 0 Å². The maximum Gasteiger partial charge on any atom is 0.335 e. The van der Waals surface area contributed by atoms with Gasteiger partial charge in [-0.3, -0.25) is 4.57 Å². The van der Waals surface area contributed by atoms with Gasteiger partial charge >= 0.3 is 5.97 Å². The summed E-state index contributed by atoms with van der Waals surface area (Å²) in [6.07, 6.45) is 1.80. The van der Waals surface area contributed by atoms with Crippen LogP contribution in [-0.2, 0) is 11.2 Å². The fourth-order valence-electron chi connectivity index (χ4n) is 4.29. The average Bonchev–Trinajstić information content (AvgIpc) is 2.97. The Bertz CT molecular complexity index is 1060. The highest BCUT2D eigenvalue weighted by molar-refractivity contribution is 5.93. The van der Waals surface area contributed by atoms with Crippen molar-refractivity contribution in [3.63, 3.8) is 0 Å². The number of fused-ring (bicyclic) bond motifs is 1. The smallest absolute Gasteiger partial charge is 0.335 e. The van der Waals surface area contributed by atoms with E-state index in [4.69, 9.17) is 9.72 Å². The third-order valence-electron chi connectivity index (χ3n) is 5.99. The number of carboxylic acids is 1. The van der Waals surface area contributed by atoms with Crippen LogP contribution in [0.3, 0.4) is 0 Å². The molecular formula is C24H30N4O3. The quantitative estimate of drug-likeness (QED) is 0.629. The van der Waals surface area contributed by atoms with Crippen LogP contribution in [0.5, 0.6) is 0 Å². The predicted octanol–water partition coefficient (Wildman–Crippen LogP) is 3.44. The second-order valence-corrected chi connectivity index (χ2v) is 7.91. The summed E-state index contributed by atoms with van der Waals surface area (Å²) in [5, 5.41) is 9.36. The van der Waals surface area contributed by atoms with E-state index >= 15 is 0 Å². The Morgan fingerprint density at radius 3 is 2.71 bits per heavy atom. The molecule has 1 N–H and O–H groups in total. The van der Waals surface area contributed by atoms with Crippen molar-refractivity contribution in [2.75, 3.05) is 51.3 Å². The molecule has 0 saturated carbocycles. The van der Waals surface area contributed by atoms with E-state index in [9.17, 15) is 9.90 Å². The number of aromatic nitrogens is 2. The van der Waals surface area contributed by atoms with Crippen molar-refractivity contribution in [2.24, 2.45) is 0 Å². The molecule has 0 spiro atoms. The zero-order valence-electron chi connectivity index (χ0n) is 18.3. The number of ether oxygens (including phenoxy) is 1. The van der Waals surface area contributed by atoms with Crippen LogP contribution in [0.15, 0.2) is 42.5 Å². The van der Waals surface area contributed by atoms with E-state index < -0.39 is 5.97 Å². The first-order chi connectivity index (χ1) is 15.1. The van der Waals surface area contributed by atoms with E-state index in [0.29, 0.717) is 18.5 Å². The summed E-state index contributed by atoms with van der Waals surface area (Å²) in [6, 6.07) is 13.7. The molecule has 31 heavy (non-hydrogen) atoms. The van der Waals surface area contributed by atoms with Crippen LogP contribution in [0.4, 0.5) is 5.69 Å². The zero-order chi connectivity index (χ0) is 21.8. The lowest BCUT2D eigenvalue weighted by molar-refractivity contribution is 0.0697. The van der Waals surface area contributed by atoms with Crippen LogP contribution in [0.2, 0.25) is 0 Å². The first-order valence-electron chi connectivity index (χ1n) is 10.9. The lowest BCUT2D eigenvalue weighted by atomic mass is 10.2. The number of imidazole rings is 1. The number of methoxy groups -OCH3 is 1. The molecule has 0 amide bonds. The molecule has 0 aliphatic carbocycles. The van der Waals surface area contributed by atoms with Gasteiger partial charge in [0.25, 0.3) is 0 Å². The number of anilines is 1. The minimum absolute atomic E-state index is 0.245. The summed E-state index contributed by atoms with van der Waals surface area (Å²) in [4.78, 5) is 21.1. The molecule has 7 heteroatoms. The number of rotatable bonds is 7. The normalized spacial score (nSPS) is 15.4. The first-order valence-corrected chi connectivity index (χ1v) is 10.9. The summed E-state index contributed by atoms with van der Waals surface area (Å²) in [5.74, 6) is -0.0799. The number of hydrogen-bond donors (Lipinski definition) is 1. The van der Waals surface area contributed by atoms with Gasteiger partial charge in [-0.2, -0.15) is 0 Å². The van der Waals surface area contributed by atoms with Crippen LogP contribution in [-0.4, -0.2) is 72.0 Å². The SMILES string of the molecule is CCN1CCCN(c2cccc(-n3c(CCOC)nc4cc(C(=O)O)ccc43)c2)CC1. The van der Waals surface area contributed by atoms with Crippen molar-refractivity contribution < 1.29 is 14.6 Å². The van der Waals surface area contributed by atoms with Crippen LogP contribution < -0.4 is 4.90 Å². The fraction of sp³-hybridized carbons (Fsp3) is 0.417. The number of carboxylic acid groups (broad SMARTS) is 1. The highest BCUT2D eigenvalue weighted by Gasteiger charge is 2.17. The van der Waals surface area contributed by atoms with E-state index in [1.54, 1.807) is 19.2 Å². The molecule has 7 nitrogen and oxygen atoms in total. The predicted molar refractivity (Wildman–Crippen MR) is 123 cm³/mol. The number of hydrogen-bond acceptors (Lipinski definition) is 5.